The Morgan fingerprint density at radius 3 is 1.95 bits per heavy atom. The molecule has 9 N–H and O–H groups in total. The smallest absolute Gasteiger partial charge is 0.335 e. The number of allylic oxidation sites excluding steroid dienone is 3. The number of hydrogen-bond acceptors (Lipinski definition) is 22. The van der Waals surface area contributed by atoms with Gasteiger partial charge in [0.2, 0.25) is 0 Å². The zero-order valence-electron chi connectivity index (χ0n) is 43.7. The molecule has 0 aromatic rings. The molecule has 3 saturated heterocycles. The summed E-state index contributed by atoms with van der Waals surface area (Å²) in [6, 6.07) is -0.767. The van der Waals surface area contributed by atoms with Gasteiger partial charge in [-0.25, -0.2) is 9.59 Å². The Bertz CT molecular complexity index is 1830. The maximum atomic E-state index is 13.7. The predicted octanol–water partition coefficient (Wildman–Crippen LogP) is -0.679. The highest BCUT2D eigenvalue weighted by molar-refractivity contribution is 5.92. The number of aliphatic hydroxyl groups is 7. The fourth-order valence-electron chi connectivity index (χ4n) is 9.46. The number of rotatable bonds is 15. The standard InChI is InChI=1S/C45H75NO17.C4H6O6/c1-13-32-29(21-57-44-41(56-12)40(55-11)36(51)25(5)59-44)16-22(2)14-15-30(48)23(3)17-28(20-47)38(24(4)31(49)18-33(50)61-32)63-43-37(52)35(46(9)10)39(26(6)60-43)62-34-19-45(8,54)42(53)27(7)58-34;5-1(3(7)8)2(6)4(9)10/h14-16,20,23-29,31-32,34-44,49,51-54H,13,17-19,21H2,1-12H3;1-2,5-6H,(H,7,8)(H,9,10)/b15-14+,22-16-;/t23-,24-,25+,26-,27+,28-,29-,31+,32+,34+,35-,36+,37-,38-,39-,40+,41+,42+,43+,44+,45-;/m1./s1. The number of aliphatic carboxylic acids is 2. The molecule has 0 bridgehead atoms. The van der Waals surface area contributed by atoms with Gasteiger partial charge in [-0.1, -0.05) is 38.5 Å². The number of hydrogen-bond donors (Lipinski definition) is 9. The second-order valence-electron chi connectivity index (χ2n) is 19.9. The summed E-state index contributed by atoms with van der Waals surface area (Å²) in [5.74, 6) is -7.68. The third-order valence-corrected chi connectivity index (χ3v) is 13.9. The number of methoxy groups -OCH3 is 2. The number of ether oxygens (including phenoxy) is 9. The van der Waals surface area contributed by atoms with E-state index in [2.05, 4.69) is 0 Å². The van der Waals surface area contributed by atoms with Crippen molar-refractivity contribution < 1.29 is 113 Å². The van der Waals surface area contributed by atoms with Crippen LogP contribution in [-0.2, 0) is 66.6 Å². The molecule has 4 aliphatic heterocycles. The Hall–Kier alpha value is -3.41. The molecule has 3 fully saturated rings. The fraction of sp³-hybridized carbons (Fsp3) is 0.816. The van der Waals surface area contributed by atoms with E-state index in [1.54, 1.807) is 66.6 Å². The summed E-state index contributed by atoms with van der Waals surface area (Å²) in [5, 5.41) is 88.1. The zero-order valence-corrected chi connectivity index (χ0v) is 43.7. The molecule has 0 spiro atoms. The SMILES string of the molecule is CC[C@@H]1OC(=O)C[C@H](O)[C@@H](C)[C@@H](O[C@@H]2O[C@H](C)[C@@H](O[C@H]3C[C@@](C)(O)[C@@H](O)[C@H](C)O3)[C@H](N(C)C)[C@H]2O)[C@@H](C=O)C[C@@H](C)C(=O)/C=C/C(C)=C\[C@@H]1CO[C@H]1O[C@@H](C)[C@H](O)[C@H](OC)[C@@H]1OC.O=C(O)C(O)C(O)C(=O)O. The molecular weight excluding hydrogens is 971 g/mol. The van der Waals surface area contributed by atoms with Crippen molar-refractivity contribution >= 4 is 30.0 Å². The number of ketones is 1. The van der Waals surface area contributed by atoms with E-state index in [1.807, 2.05) is 13.0 Å². The number of likely N-dealkylation sites (N-methyl/N-ethyl adjacent to an activating group) is 1. The van der Waals surface area contributed by atoms with Gasteiger partial charge in [-0.2, -0.15) is 0 Å². The van der Waals surface area contributed by atoms with Crippen LogP contribution in [0.3, 0.4) is 0 Å². The quantitative estimate of drug-likeness (QED) is 0.0725. The minimum absolute atomic E-state index is 0.0117. The number of cyclic esters (lactones) is 1. The van der Waals surface area contributed by atoms with E-state index in [0.29, 0.717) is 18.3 Å². The summed E-state index contributed by atoms with van der Waals surface area (Å²) < 4.78 is 54.4. The number of carbonyl (C=O) groups is 5. The largest absolute Gasteiger partial charge is 0.479 e. The van der Waals surface area contributed by atoms with Gasteiger partial charge in [0.1, 0.15) is 49.0 Å². The average Bonchev–Trinajstić information content (AvgIpc) is 3.32. The van der Waals surface area contributed by atoms with E-state index in [-0.39, 0.29) is 25.2 Å². The van der Waals surface area contributed by atoms with Crippen molar-refractivity contribution in [3.63, 3.8) is 0 Å². The van der Waals surface area contributed by atoms with Gasteiger partial charge in [-0.15, -0.1) is 0 Å². The number of carbonyl (C=O) groups excluding carboxylic acids is 3. The molecule has 0 aromatic heterocycles. The lowest BCUT2D eigenvalue weighted by Gasteiger charge is -2.50. The van der Waals surface area contributed by atoms with Crippen LogP contribution in [0.15, 0.2) is 23.8 Å². The maximum absolute atomic E-state index is 13.7. The molecule has 24 nitrogen and oxygen atoms in total. The van der Waals surface area contributed by atoms with Gasteiger partial charge in [0.25, 0.3) is 0 Å². The summed E-state index contributed by atoms with van der Waals surface area (Å²) in [6.45, 7) is 13.5. The molecule has 0 saturated carbocycles. The molecule has 73 heavy (non-hydrogen) atoms. The third-order valence-electron chi connectivity index (χ3n) is 13.9. The first-order chi connectivity index (χ1) is 34.0. The summed E-state index contributed by atoms with van der Waals surface area (Å²) in [5.41, 5.74) is -0.826. The van der Waals surface area contributed by atoms with Crippen LogP contribution in [0.25, 0.3) is 0 Å². The van der Waals surface area contributed by atoms with E-state index in [1.165, 1.54) is 27.2 Å². The van der Waals surface area contributed by atoms with Crippen LogP contribution in [0, 0.1) is 23.7 Å². The topological polar surface area (TPSA) is 354 Å². The highest BCUT2D eigenvalue weighted by Crippen LogP contribution is 2.37. The monoisotopic (exact) mass is 1050 g/mol. The lowest BCUT2D eigenvalue weighted by molar-refractivity contribution is -0.341. The molecule has 0 radical (unpaired) electrons. The average molecular weight is 1050 g/mol. The first-order valence-corrected chi connectivity index (χ1v) is 24.5. The summed E-state index contributed by atoms with van der Waals surface area (Å²) in [6.07, 6.45) is -13.6. The second kappa shape index (κ2) is 28.6. The second-order valence-corrected chi connectivity index (χ2v) is 19.9. The Morgan fingerprint density at radius 2 is 1.42 bits per heavy atom. The van der Waals surface area contributed by atoms with Gasteiger partial charge in [0.15, 0.2) is 36.9 Å². The van der Waals surface area contributed by atoms with E-state index in [9.17, 15) is 49.5 Å². The lowest BCUT2D eigenvalue weighted by atomic mass is 9.81. The number of carboxylic acids is 2. The highest BCUT2D eigenvalue weighted by atomic mass is 16.7. The van der Waals surface area contributed by atoms with Crippen molar-refractivity contribution in [2.24, 2.45) is 23.7 Å². The predicted molar refractivity (Wildman–Crippen MR) is 253 cm³/mol. The van der Waals surface area contributed by atoms with Crippen LogP contribution in [0.5, 0.6) is 0 Å². The van der Waals surface area contributed by atoms with E-state index in [4.69, 9.17) is 63.1 Å². The first-order valence-electron chi connectivity index (χ1n) is 24.5. The Labute approximate surface area is 426 Å². The number of esters is 1. The number of carboxylic acid groups (broad SMARTS) is 2. The summed E-state index contributed by atoms with van der Waals surface area (Å²) >= 11 is 0. The summed E-state index contributed by atoms with van der Waals surface area (Å²) in [7, 11) is 6.40. The molecule has 0 amide bonds. The van der Waals surface area contributed by atoms with Crippen LogP contribution >= 0.6 is 0 Å². The van der Waals surface area contributed by atoms with Crippen LogP contribution in [0.2, 0.25) is 0 Å². The number of aliphatic hydroxyl groups excluding tert-OH is 6. The third kappa shape index (κ3) is 17.0. The minimum Gasteiger partial charge on any atom is -0.479 e. The summed E-state index contributed by atoms with van der Waals surface area (Å²) in [4.78, 5) is 61.5. The van der Waals surface area contributed by atoms with Crippen molar-refractivity contribution in [2.75, 3.05) is 34.9 Å². The number of nitrogens with zero attached hydrogens (tertiary/aromatic N) is 1. The highest BCUT2D eigenvalue weighted by Gasteiger charge is 2.52. The Morgan fingerprint density at radius 1 is 0.836 bits per heavy atom. The van der Waals surface area contributed by atoms with Gasteiger partial charge >= 0.3 is 17.9 Å². The Balaban J connectivity index is 0.00000126. The molecule has 24 heteroatoms. The zero-order chi connectivity index (χ0) is 55.4. The van der Waals surface area contributed by atoms with Gasteiger partial charge in [0.05, 0.1) is 55.2 Å². The molecule has 4 heterocycles. The van der Waals surface area contributed by atoms with E-state index >= 15 is 0 Å². The first kappa shape index (κ1) is 63.9. The maximum Gasteiger partial charge on any atom is 0.335 e. The normalized spacial score (nSPS) is 42.3. The van der Waals surface area contributed by atoms with Gasteiger partial charge in [0, 0.05) is 44.3 Å². The van der Waals surface area contributed by atoms with Crippen molar-refractivity contribution in [3.8, 4) is 0 Å². The van der Waals surface area contributed by atoms with Crippen LogP contribution in [-0.4, -0.2) is 232 Å². The van der Waals surface area contributed by atoms with Crippen LogP contribution in [0.4, 0.5) is 0 Å². The van der Waals surface area contributed by atoms with Crippen LogP contribution in [0.1, 0.15) is 81.1 Å². The van der Waals surface area contributed by atoms with E-state index in [0.717, 1.165) is 0 Å². The molecule has 0 aliphatic carbocycles. The molecule has 0 aromatic carbocycles. The minimum atomic E-state index is -2.27. The molecular formula is C49H81NO23. The van der Waals surface area contributed by atoms with Crippen molar-refractivity contribution in [2.45, 2.75) is 197 Å². The van der Waals surface area contributed by atoms with Gasteiger partial charge in [-0.3, -0.25) is 9.59 Å². The van der Waals surface area contributed by atoms with Crippen molar-refractivity contribution in [3.05, 3.63) is 23.8 Å². The fourth-order valence-corrected chi connectivity index (χ4v) is 9.46. The van der Waals surface area contributed by atoms with Gasteiger partial charge < -0.3 is 98.3 Å². The molecule has 420 valence electrons. The Kier molecular flexibility index (Phi) is 25.1. The molecule has 2 unspecified atom stereocenters. The van der Waals surface area contributed by atoms with E-state index < -0.39 is 164 Å². The lowest BCUT2D eigenvalue weighted by Crippen LogP contribution is -2.65. The van der Waals surface area contributed by atoms with Crippen LogP contribution < -0.4 is 0 Å². The van der Waals surface area contributed by atoms with Crippen molar-refractivity contribution in [1.82, 2.24) is 4.90 Å². The molecule has 4 rings (SSSR count). The van der Waals surface area contributed by atoms with Crippen molar-refractivity contribution in [1.29, 1.82) is 0 Å². The molecule has 23 atom stereocenters. The number of aldehydes is 1. The molecule has 4 aliphatic rings. The van der Waals surface area contributed by atoms with Gasteiger partial charge in [-0.05, 0) is 67.6 Å².